The highest BCUT2D eigenvalue weighted by atomic mass is 16.3. The average Bonchev–Trinajstić information content (AvgIpc) is 3.39. The number of carbonyl (C=O) groups excluding carboxylic acids is 1. The molecule has 32 heavy (non-hydrogen) atoms. The molecule has 2 rings (SSSR count). The van der Waals surface area contributed by atoms with E-state index in [0.29, 0.717) is 12.8 Å². The molecule has 0 aliphatic carbocycles. The fraction of sp³-hybridized carbons (Fsp3) is 0.690. The second kappa shape index (κ2) is 10.4. The van der Waals surface area contributed by atoms with Crippen LogP contribution in [0.2, 0.25) is 0 Å². The lowest BCUT2D eigenvalue weighted by Crippen LogP contribution is -2.46. The van der Waals surface area contributed by atoms with Crippen molar-refractivity contribution in [2.24, 2.45) is 0 Å². The smallest absolute Gasteiger partial charge is 0.159 e. The normalized spacial score (nSPS) is 15.6. The van der Waals surface area contributed by atoms with Gasteiger partial charge in [0.25, 0.3) is 0 Å². The standard InChI is InChI=1S/C29H46O3/c1-11-19-21(13-3)25(31-23(19)15-5)28(9,17-7)27(30)29(10,18-8)26-22(14-4)20(12-2)24(16-6)32-26/h11-18H2,1-10H3. The summed E-state index contributed by atoms with van der Waals surface area (Å²) in [6.07, 6.45) is 6.76. The zero-order valence-corrected chi connectivity index (χ0v) is 22.4. The highest BCUT2D eigenvalue weighted by molar-refractivity contribution is 5.98. The molecule has 2 heterocycles. The van der Waals surface area contributed by atoms with Gasteiger partial charge in [-0.1, -0.05) is 55.4 Å². The number of furan rings is 2. The molecule has 0 fully saturated rings. The van der Waals surface area contributed by atoms with Crippen LogP contribution in [0.15, 0.2) is 8.83 Å². The van der Waals surface area contributed by atoms with E-state index >= 15 is 0 Å². The molecule has 2 aromatic heterocycles. The van der Waals surface area contributed by atoms with E-state index in [-0.39, 0.29) is 5.78 Å². The van der Waals surface area contributed by atoms with Crippen LogP contribution in [0.25, 0.3) is 0 Å². The molecule has 0 aliphatic heterocycles. The van der Waals surface area contributed by atoms with E-state index in [1.54, 1.807) is 0 Å². The van der Waals surface area contributed by atoms with Crippen LogP contribution in [0, 0.1) is 0 Å². The molecule has 180 valence electrons. The maximum Gasteiger partial charge on any atom is 0.159 e. The maximum absolute atomic E-state index is 14.6. The van der Waals surface area contributed by atoms with Gasteiger partial charge in [0.15, 0.2) is 5.78 Å². The van der Waals surface area contributed by atoms with Crippen LogP contribution >= 0.6 is 0 Å². The predicted octanol–water partition coefficient (Wildman–Crippen LogP) is 7.85. The first-order valence-corrected chi connectivity index (χ1v) is 13.0. The number of carbonyl (C=O) groups is 1. The maximum atomic E-state index is 14.6. The minimum atomic E-state index is -0.690. The predicted molar refractivity (Wildman–Crippen MR) is 134 cm³/mol. The second-order valence-electron chi connectivity index (χ2n) is 9.44. The van der Waals surface area contributed by atoms with Crippen molar-refractivity contribution in [2.45, 2.75) is 131 Å². The molecule has 0 bridgehead atoms. The average molecular weight is 443 g/mol. The van der Waals surface area contributed by atoms with Crippen LogP contribution in [-0.4, -0.2) is 5.78 Å². The van der Waals surface area contributed by atoms with Crippen molar-refractivity contribution in [3.05, 3.63) is 45.3 Å². The van der Waals surface area contributed by atoms with Crippen LogP contribution in [-0.2, 0) is 54.1 Å². The number of hydrogen-bond donors (Lipinski definition) is 0. The van der Waals surface area contributed by atoms with Gasteiger partial charge < -0.3 is 8.83 Å². The first-order valence-electron chi connectivity index (χ1n) is 13.0. The lowest BCUT2D eigenvalue weighted by molar-refractivity contribution is -0.131. The summed E-state index contributed by atoms with van der Waals surface area (Å²) in [5, 5.41) is 0. The monoisotopic (exact) mass is 442 g/mol. The van der Waals surface area contributed by atoms with Gasteiger partial charge in [0.05, 0.1) is 10.8 Å². The van der Waals surface area contributed by atoms with E-state index in [4.69, 9.17) is 8.83 Å². The molecule has 2 unspecified atom stereocenters. The summed E-state index contributed by atoms with van der Waals surface area (Å²) in [7, 11) is 0. The Labute approximate surface area is 196 Å². The first kappa shape index (κ1) is 26.5. The van der Waals surface area contributed by atoms with Crippen LogP contribution < -0.4 is 0 Å². The Balaban J connectivity index is 2.77. The molecule has 2 atom stereocenters. The fourth-order valence-electron chi connectivity index (χ4n) is 5.59. The fourth-order valence-corrected chi connectivity index (χ4v) is 5.59. The van der Waals surface area contributed by atoms with Crippen molar-refractivity contribution in [1.29, 1.82) is 0 Å². The van der Waals surface area contributed by atoms with E-state index in [9.17, 15) is 4.79 Å². The third-order valence-electron chi connectivity index (χ3n) is 7.88. The lowest BCUT2D eigenvalue weighted by atomic mass is 9.65. The molecule has 0 amide bonds. The summed E-state index contributed by atoms with van der Waals surface area (Å²) < 4.78 is 13.0. The Hall–Kier alpha value is -1.77. The summed E-state index contributed by atoms with van der Waals surface area (Å²) in [6, 6.07) is 0. The minimum absolute atomic E-state index is 0.220. The number of hydrogen-bond acceptors (Lipinski definition) is 3. The highest BCUT2D eigenvalue weighted by Crippen LogP contribution is 2.45. The Morgan fingerprint density at radius 3 is 1.09 bits per heavy atom. The number of Topliss-reactive ketones (excluding diaryl/α,β-unsaturated/α-hetero) is 1. The van der Waals surface area contributed by atoms with Gasteiger partial charge in [-0.2, -0.15) is 0 Å². The van der Waals surface area contributed by atoms with Gasteiger partial charge in [-0.3, -0.25) is 4.79 Å². The van der Waals surface area contributed by atoms with E-state index < -0.39 is 10.8 Å². The molecule has 3 heteroatoms. The molecule has 3 nitrogen and oxygen atoms in total. The zero-order valence-electron chi connectivity index (χ0n) is 22.4. The molecule has 0 aliphatic rings. The number of ketones is 1. The van der Waals surface area contributed by atoms with Crippen molar-refractivity contribution < 1.29 is 13.6 Å². The number of rotatable bonds is 12. The molecule has 0 saturated heterocycles. The van der Waals surface area contributed by atoms with Gasteiger partial charge in [-0.05, 0) is 74.6 Å². The molecule has 2 aromatic rings. The quantitative estimate of drug-likeness (QED) is 0.336. The SMILES string of the molecule is CCc1oc(C(C)(CC)C(=O)C(C)(CC)c2oc(CC)c(CC)c2CC)c(CC)c1CC. The van der Waals surface area contributed by atoms with Gasteiger partial charge in [-0.25, -0.2) is 0 Å². The summed E-state index contributed by atoms with van der Waals surface area (Å²) in [4.78, 5) is 14.6. The number of aryl methyl sites for hydroxylation is 2. The van der Waals surface area contributed by atoms with E-state index in [1.807, 2.05) is 0 Å². The van der Waals surface area contributed by atoms with Crippen LogP contribution in [0.5, 0.6) is 0 Å². The van der Waals surface area contributed by atoms with Gasteiger partial charge in [0, 0.05) is 12.8 Å². The summed E-state index contributed by atoms with van der Waals surface area (Å²) in [5.74, 6) is 4.07. The van der Waals surface area contributed by atoms with Gasteiger partial charge in [0.1, 0.15) is 23.0 Å². The molecule has 0 saturated carbocycles. The van der Waals surface area contributed by atoms with Gasteiger partial charge >= 0.3 is 0 Å². The molecule has 0 radical (unpaired) electrons. The van der Waals surface area contributed by atoms with Crippen LogP contribution in [0.3, 0.4) is 0 Å². The van der Waals surface area contributed by atoms with Crippen molar-refractivity contribution in [3.8, 4) is 0 Å². The van der Waals surface area contributed by atoms with Crippen LogP contribution in [0.4, 0.5) is 0 Å². The topological polar surface area (TPSA) is 43.4 Å². The molecular weight excluding hydrogens is 396 g/mol. The van der Waals surface area contributed by atoms with Gasteiger partial charge in [-0.15, -0.1) is 0 Å². The molecule has 0 aromatic carbocycles. The largest absolute Gasteiger partial charge is 0.464 e. The second-order valence-corrected chi connectivity index (χ2v) is 9.44. The van der Waals surface area contributed by atoms with Gasteiger partial charge in [0.2, 0.25) is 0 Å². The summed E-state index contributed by atoms with van der Waals surface area (Å²) in [5.41, 5.74) is 3.68. The van der Waals surface area contributed by atoms with Crippen molar-refractivity contribution in [1.82, 2.24) is 0 Å². The summed E-state index contributed by atoms with van der Waals surface area (Å²) >= 11 is 0. The van der Waals surface area contributed by atoms with E-state index in [0.717, 1.165) is 61.6 Å². The van der Waals surface area contributed by atoms with E-state index in [1.165, 1.54) is 22.3 Å². The van der Waals surface area contributed by atoms with Crippen molar-refractivity contribution in [3.63, 3.8) is 0 Å². The van der Waals surface area contributed by atoms with E-state index in [2.05, 4.69) is 69.2 Å². The Kier molecular flexibility index (Phi) is 8.64. The Morgan fingerprint density at radius 1 is 0.562 bits per heavy atom. The molecule has 0 spiro atoms. The lowest BCUT2D eigenvalue weighted by Gasteiger charge is -2.36. The Morgan fingerprint density at radius 2 is 0.875 bits per heavy atom. The molecule has 0 N–H and O–H groups in total. The van der Waals surface area contributed by atoms with Crippen molar-refractivity contribution in [2.75, 3.05) is 0 Å². The molecular formula is C29H46O3. The zero-order chi connectivity index (χ0) is 24.3. The summed E-state index contributed by atoms with van der Waals surface area (Å²) in [6.45, 7) is 21.4. The van der Waals surface area contributed by atoms with Crippen LogP contribution in [0.1, 0.15) is 127 Å². The first-order chi connectivity index (χ1) is 15.2. The van der Waals surface area contributed by atoms with Crippen molar-refractivity contribution >= 4 is 5.78 Å². The highest BCUT2D eigenvalue weighted by Gasteiger charge is 2.50. The minimum Gasteiger partial charge on any atom is -0.464 e. The third-order valence-corrected chi connectivity index (χ3v) is 7.88. The third kappa shape index (κ3) is 4.01. The Bertz CT molecular complexity index is 855.